The molecule has 0 bridgehead atoms. The molecule has 0 saturated heterocycles. The van der Waals surface area contributed by atoms with E-state index in [1.807, 2.05) is 30.3 Å². The molecule has 0 aromatic heterocycles. The zero-order valence-electron chi connectivity index (χ0n) is 16.1. The van der Waals surface area contributed by atoms with Crippen molar-refractivity contribution in [3.05, 3.63) is 59.7 Å². The second-order valence-corrected chi connectivity index (χ2v) is 8.72. The number of benzene rings is 2. The maximum atomic E-state index is 12.5. The van der Waals surface area contributed by atoms with Gasteiger partial charge in [-0.25, -0.2) is 13.1 Å². The van der Waals surface area contributed by atoms with Crippen LogP contribution in [0, 0.1) is 0 Å². The van der Waals surface area contributed by atoms with Crippen molar-refractivity contribution in [2.45, 2.75) is 37.0 Å². The van der Waals surface area contributed by atoms with E-state index in [0.29, 0.717) is 25.1 Å². The van der Waals surface area contributed by atoms with Crippen LogP contribution in [0.2, 0.25) is 0 Å². The van der Waals surface area contributed by atoms with Gasteiger partial charge in [-0.05, 0) is 48.6 Å². The minimum absolute atomic E-state index is 0.0284. The molecule has 1 heterocycles. The van der Waals surface area contributed by atoms with Gasteiger partial charge in [0.25, 0.3) is 0 Å². The van der Waals surface area contributed by atoms with Crippen LogP contribution in [0.4, 0.5) is 5.69 Å². The molecule has 154 valence electrons. The predicted molar refractivity (Wildman–Crippen MR) is 111 cm³/mol. The first-order chi connectivity index (χ1) is 13.9. The second kappa shape index (κ2) is 9.67. The Bertz CT molecular complexity index is 975. The molecule has 2 amide bonds. The summed E-state index contributed by atoms with van der Waals surface area (Å²) in [5.74, 6) is -0.255. The molecular formula is C21H25N3O4S. The Morgan fingerprint density at radius 3 is 2.62 bits per heavy atom. The number of sulfonamides is 1. The molecule has 0 unspecified atom stereocenters. The number of anilines is 1. The summed E-state index contributed by atoms with van der Waals surface area (Å²) in [6.45, 7) is 0.581. The number of hydrogen-bond donors (Lipinski definition) is 3. The number of carbonyl (C=O) groups is 2. The molecule has 0 fully saturated rings. The minimum atomic E-state index is -3.71. The van der Waals surface area contributed by atoms with E-state index in [2.05, 4.69) is 15.4 Å². The molecule has 7 nitrogen and oxygen atoms in total. The van der Waals surface area contributed by atoms with Gasteiger partial charge in [-0.3, -0.25) is 9.59 Å². The Balaban J connectivity index is 1.41. The number of fused-ring (bicyclic) bond motifs is 1. The highest BCUT2D eigenvalue weighted by atomic mass is 32.2. The van der Waals surface area contributed by atoms with Crippen LogP contribution in [0.25, 0.3) is 0 Å². The lowest BCUT2D eigenvalue weighted by Crippen LogP contribution is -2.31. The molecule has 8 heteroatoms. The van der Waals surface area contributed by atoms with Crippen LogP contribution in [0.15, 0.2) is 53.4 Å². The molecule has 0 aliphatic carbocycles. The summed E-state index contributed by atoms with van der Waals surface area (Å²) in [4.78, 5) is 23.4. The largest absolute Gasteiger partial charge is 0.356 e. The highest BCUT2D eigenvalue weighted by Gasteiger charge is 2.19. The zero-order chi connectivity index (χ0) is 20.7. The molecule has 0 saturated carbocycles. The first-order valence-electron chi connectivity index (χ1n) is 9.67. The maximum absolute atomic E-state index is 12.5. The summed E-state index contributed by atoms with van der Waals surface area (Å²) in [6, 6.07) is 14.7. The normalized spacial score (nSPS) is 13.4. The van der Waals surface area contributed by atoms with Gasteiger partial charge >= 0.3 is 0 Å². The molecule has 2 aromatic rings. The molecule has 2 aromatic carbocycles. The second-order valence-electron chi connectivity index (χ2n) is 6.95. The molecular weight excluding hydrogens is 390 g/mol. The van der Waals surface area contributed by atoms with Crippen molar-refractivity contribution >= 4 is 27.5 Å². The third-order valence-corrected chi connectivity index (χ3v) is 6.19. The lowest BCUT2D eigenvalue weighted by Gasteiger charge is -2.17. The Labute approximate surface area is 171 Å². The first kappa shape index (κ1) is 21.0. The van der Waals surface area contributed by atoms with Crippen molar-refractivity contribution in [3.8, 4) is 0 Å². The summed E-state index contributed by atoms with van der Waals surface area (Å²) in [5.41, 5.74) is 2.66. The minimum Gasteiger partial charge on any atom is -0.356 e. The van der Waals surface area contributed by atoms with E-state index in [-0.39, 0.29) is 29.7 Å². The van der Waals surface area contributed by atoms with Gasteiger partial charge in [-0.1, -0.05) is 30.3 Å². The third kappa shape index (κ3) is 6.13. The highest BCUT2D eigenvalue weighted by Crippen LogP contribution is 2.25. The Morgan fingerprint density at radius 2 is 1.83 bits per heavy atom. The van der Waals surface area contributed by atoms with Crippen LogP contribution >= 0.6 is 0 Å². The highest BCUT2D eigenvalue weighted by molar-refractivity contribution is 7.89. The SMILES string of the molecule is O=C(CCNS(=O)(=O)c1ccc2c(c1)CCC(=O)N2)NCCCc1ccccc1. The summed E-state index contributed by atoms with van der Waals surface area (Å²) < 4.78 is 27.4. The summed E-state index contributed by atoms with van der Waals surface area (Å²) in [5, 5.41) is 5.53. The molecule has 1 aliphatic heterocycles. The average molecular weight is 416 g/mol. The van der Waals surface area contributed by atoms with E-state index < -0.39 is 10.0 Å². The van der Waals surface area contributed by atoms with Crippen LogP contribution in [-0.2, 0) is 32.5 Å². The van der Waals surface area contributed by atoms with E-state index in [0.717, 1.165) is 18.4 Å². The van der Waals surface area contributed by atoms with E-state index in [1.54, 1.807) is 12.1 Å². The first-order valence-corrected chi connectivity index (χ1v) is 11.2. The number of aryl methyl sites for hydroxylation is 2. The van der Waals surface area contributed by atoms with Gasteiger partial charge in [0.2, 0.25) is 21.8 Å². The quantitative estimate of drug-likeness (QED) is 0.545. The Hall–Kier alpha value is -2.71. The van der Waals surface area contributed by atoms with Gasteiger partial charge in [0.05, 0.1) is 4.90 Å². The lowest BCUT2D eigenvalue weighted by molar-refractivity contribution is -0.121. The van der Waals surface area contributed by atoms with Gasteiger partial charge in [-0.2, -0.15) is 0 Å². The van der Waals surface area contributed by atoms with Crippen LogP contribution in [0.1, 0.15) is 30.4 Å². The standard InChI is InChI=1S/C21H25N3O4S/c25-20(22-13-4-7-16-5-2-1-3-6-16)12-14-23-29(27,28)18-9-10-19-17(15-18)8-11-21(26)24-19/h1-3,5-6,9-10,15,23H,4,7-8,11-14H2,(H,22,25)(H,24,26). The van der Waals surface area contributed by atoms with Gasteiger partial charge in [0.15, 0.2) is 0 Å². The van der Waals surface area contributed by atoms with Gasteiger partial charge in [0, 0.05) is 31.6 Å². The molecule has 0 atom stereocenters. The smallest absolute Gasteiger partial charge is 0.240 e. The Kier molecular flexibility index (Phi) is 7.00. The van der Waals surface area contributed by atoms with Gasteiger partial charge < -0.3 is 10.6 Å². The topological polar surface area (TPSA) is 104 Å². The van der Waals surface area contributed by atoms with E-state index in [4.69, 9.17) is 0 Å². The van der Waals surface area contributed by atoms with Crippen molar-refractivity contribution in [2.75, 3.05) is 18.4 Å². The number of rotatable bonds is 9. The van der Waals surface area contributed by atoms with Crippen molar-refractivity contribution in [1.29, 1.82) is 0 Å². The fourth-order valence-corrected chi connectivity index (χ4v) is 4.24. The number of amides is 2. The van der Waals surface area contributed by atoms with Crippen LogP contribution < -0.4 is 15.4 Å². The number of carbonyl (C=O) groups excluding carboxylic acids is 2. The van der Waals surface area contributed by atoms with Crippen LogP contribution in [-0.4, -0.2) is 33.3 Å². The average Bonchev–Trinajstić information content (AvgIpc) is 2.71. The van der Waals surface area contributed by atoms with Crippen molar-refractivity contribution < 1.29 is 18.0 Å². The maximum Gasteiger partial charge on any atom is 0.240 e. The molecule has 0 radical (unpaired) electrons. The van der Waals surface area contributed by atoms with E-state index in [1.165, 1.54) is 11.6 Å². The number of nitrogens with one attached hydrogen (secondary N) is 3. The van der Waals surface area contributed by atoms with E-state index in [9.17, 15) is 18.0 Å². The van der Waals surface area contributed by atoms with Gasteiger partial charge in [-0.15, -0.1) is 0 Å². The lowest BCUT2D eigenvalue weighted by atomic mass is 10.0. The fourth-order valence-electron chi connectivity index (χ4n) is 3.16. The molecule has 0 spiro atoms. The molecule has 29 heavy (non-hydrogen) atoms. The predicted octanol–water partition coefficient (Wildman–Crippen LogP) is 1.99. The van der Waals surface area contributed by atoms with Gasteiger partial charge in [0.1, 0.15) is 0 Å². The van der Waals surface area contributed by atoms with Crippen molar-refractivity contribution in [1.82, 2.24) is 10.0 Å². The monoisotopic (exact) mass is 415 g/mol. The zero-order valence-corrected chi connectivity index (χ0v) is 16.9. The van der Waals surface area contributed by atoms with Crippen LogP contribution in [0.5, 0.6) is 0 Å². The summed E-state index contributed by atoms with van der Waals surface area (Å²) in [7, 11) is -3.71. The molecule has 1 aliphatic rings. The van der Waals surface area contributed by atoms with Crippen molar-refractivity contribution in [2.24, 2.45) is 0 Å². The molecule has 3 rings (SSSR count). The summed E-state index contributed by atoms with van der Waals surface area (Å²) >= 11 is 0. The third-order valence-electron chi connectivity index (χ3n) is 4.73. The Morgan fingerprint density at radius 1 is 1.03 bits per heavy atom. The van der Waals surface area contributed by atoms with Crippen molar-refractivity contribution in [3.63, 3.8) is 0 Å². The molecule has 3 N–H and O–H groups in total. The van der Waals surface area contributed by atoms with E-state index >= 15 is 0 Å². The number of hydrogen-bond acceptors (Lipinski definition) is 4. The fraction of sp³-hybridized carbons (Fsp3) is 0.333. The van der Waals surface area contributed by atoms with Crippen LogP contribution in [0.3, 0.4) is 0 Å². The summed E-state index contributed by atoms with van der Waals surface area (Å²) in [6.07, 6.45) is 2.63.